The first kappa shape index (κ1) is 14.8. The van der Waals surface area contributed by atoms with Gasteiger partial charge in [0.05, 0.1) is 11.4 Å². The number of fused-ring (bicyclic) bond motifs is 1. The molecular formula is C19H20FN5. The molecule has 1 saturated heterocycles. The van der Waals surface area contributed by atoms with Gasteiger partial charge in [-0.05, 0) is 43.0 Å². The molecule has 6 heteroatoms. The SMILES string of the molecule is Fc1ccc(C2=C(c3ccnc(NC4CC4)n3)N3CCCN3C2)cc1. The molecule has 25 heavy (non-hydrogen) atoms. The molecule has 5 rings (SSSR count). The zero-order valence-corrected chi connectivity index (χ0v) is 14.0. The van der Waals surface area contributed by atoms with Crippen LogP contribution < -0.4 is 5.32 Å². The standard InChI is InChI=1S/C19H20FN5/c20-14-4-2-13(3-5-14)16-12-24-10-1-11-25(24)18(16)17-8-9-21-19(23-17)22-15-6-7-15/h2-5,8-9,15H,1,6-7,10-12H2,(H,21,22,23). The van der Waals surface area contributed by atoms with Crippen molar-refractivity contribution in [2.75, 3.05) is 25.0 Å². The van der Waals surface area contributed by atoms with E-state index in [4.69, 9.17) is 4.98 Å². The van der Waals surface area contributed by atoms with Gasteiger partial charge in [0.2, 0.25) is 5.95 Å². The van der Waals surface area contributed by atoms with Gasteiger partial charge in [-0.15, -0.1) is 0 Å². The minimum Gasteiger partial charge on any atom is -0.351 e. The van der Waals surface area contributed by atoms with E-state index >= 15 is 0 Å². The number of rotatable bonds is 4. The molecule has 3 heterocycles. The van der Waals surface area contributed by atoms with Crippen molar-refractivity contribution in [3.8, 4) is 0 Å². The maximum atomic E-state index is 13.3. The van der Waals surface area contributed by atoms with Gasteiger partial charge in [0.25, 0.3) is 0 Å². The van der Waals surface area contributed by atoms with Crippen molar-refractivity contribution in [2.45, 2.75) is 25.3 Å². The molecule has 1 saturated carbocycles. The van der Waals surface area contributed by atoms with E-state index in [9.17, 15) is 4.39 Å². The highest BCUT2D eigenvalue weighted by Gasteiger charge is 2.35. The van der Waals surface area contributed by atoms with Crippen LogP contribution in [0.1, 0.15) is 30.5 Å². The summed E-state index contributed by atoms with van der Waals surface area (Å²) in [7, 11) is 0. The number of hydrazine groups is 1. The molecule has 0 amide bonds. The molecule has 1 aliphatic carbocycles. The molecule has 5 nitrogen and oxygen atoms in total. The second-order valence-corrected chi connectivity index (χ2v) is 6.88. The summed E-state index contributed by atoms with van der Waals surface area (Å²) in [5.41, 5.74) is 4.32. The first-order chi connectivity index (χ1) is 12.3. The zero-order valence-electron chi connectivity index (χ0n) is 14.0. The zero-order chi connectivity index (χ0) is 16.8. The molecule has 0 spiro atoms. The second kappa shape index (κ2) is 5.81. The highest BCUT2D eigenvalue weighted by Crippen LogP contribution is 2.39. The monoisotopic (exact) mass is 337 g/mol. The number of benzene rings is 1. The third kappa shape index (κ3) is 2.76. The van der Waals surface area contributed by atoms with E-state index in [0.717, 1.165) is 43.0 Å². The van der Waals surface area contributed by atoms with Gasteiger partial charge in [-0.25, -0.2) is 19.4 Å². The average Bonchev–Trinajstić information content (AvgIpc) is 3.18. The highest BCUT2D eigenvalue weighted by atomic mass is 19.1. The van der Waals surface area contributed by atoms with E-state index in [-0.39, 0.29) is 5.82 Å². The molecule has 128 valence electrons. The molecule has 1 aromatic carbocycles. The lowest BCUT2D eigenvalue weighted by molar-refractivity contribution is 0.129. The number of anilines is 1. The van der Waals surface area contributed by atoms with Gasteiger partial charge in [0.15, 0.2) is 0 Å². The van der Waals surface area contributed by atoms with Crippen molar-refractivity contribution in [3.63, 3.8) is 0 Å². The topological polar surface area (TPSA) is 44.3 Å². The van der Waals surface area contributed by atoms with Crippen LogP contribution in [0, 0.1) is 5.82 Å². The lowest BCUT2D eigenvalue weighted by Crippen LogP contribution is -2.30. The van der Waals surface area contributed by atoms with E-state index in [1.807, 2.05) is 24.4 Å². The first-order valence-corrected chi connectivity index (χ1v) is 8.89. The Hall–Kier alpha value is -2.47. The molecule has 1 N–H and O–H groups in total. The maximum absolute atomic E-state index is 13.3. The third-order valence-electron chi connectivity index (χ3n) is 5.01. The molecule has 2 fully saturated rings. The normalized spacial score (nSPS) is 20.3. The van der Waals surface area contributed by atoms with Gasteiger partial charge >= 0.3 is 0 Å². The lowest BCUT2D eigenvalue weighted by atomic mass is 10.0. The van der Waals surface area contributed by atoms with Crippen LogP contribution in [0.3, 0.4) is 0 Å². The number of aromatic nitrogens is 2. The van der Waals surface area contributed by atoms with E-state index < -0.39 is 0 Å². The van der Waals surface area contributed by atoms with Crippen molar-refractivity contribution in [1.82, 2.24) is 20.0 Å². The molecule has 0 radical (unpaired) electrons. The van der Waals surface area contributed by atoms with E-state index in [1.54, 1.807) is 0 Å². The summed E-state index contributed by atoms with van der Waals surface area (Å²) in [6, 6.07) is 9.26. The number of hydrogen-bond donors (Lipinski definition) is 1. The van der Waals surface area contributed by atoms with Crippen molar-refractivity contribution in [3.05, 3.63) is 53.6 Å². The second-order valence-electron chi connectivity index (χ2n) is 6.88. The Bertz CT molecular complexity index is 828. The quantitative estimate of drug-likeness (QED) is 0.929. The third-order valence-corrected chi connectivity index (χ3v) is 5.01. The Morgan fingerprint density at radius 1 is 1.08 bits per heavy atom. The minimum absolute atomic E-state index is 0.206. The Labute approximate surface area is 146 Å². The predicted octanol–water partition coefficient (Wildman–Crippen LogP) is 2.99. The van der Waals surface area contributed by atoms with Gasteiger partial charge in [0, 0.05) is 37.4 Å². The summed E-state index contributed by atoms with van der Waals surface area (Å²) < 4.78 is 13.3. The fourth-order valence-electron chi connectivity index (χ4n) is 3.63. The lowest BCUT2D eigenvalue weighted by Gasteiger charge is -2.23. The summed E-state index contributed by atoms with van der Waals surface area (Å²) in [6.07, 6.45) is 5.35. The highest BCUT2D eigenvalue weighted by molar-refractivity contribution is 5.91. The summed E-state index contributed by atoms with van der Waals surface area (Å²) >= 11 is 0. The van der Waals surface area contributed by atoms with Gasteiger partial charge in [-0.1, -0.05) is 12.1 Å². The van der Waals surface area contributed by atoms with Crippen LogP contribution in [-0.4, -0.2) is 45.7 Å². The molecule has 0 atom stereocenters. The molecule has 2 aliphatic heterocycles. The molecule has 0 unspecified atom stereocenters. The van der Waals surface area contributed by atoms with Crippen molar-refractivity contribution in [1.29, 1.82) is 0 Å². The van der Waals surface area contributed by atoms with Crippen molar-refractivity contribution in [2.24, 2.45) is 0 Å². The smallest absolute Gasteiger partial charge is 0.223 e. The summed E-state index contributed by atoms with van der Waals surface area (Å²) in [5, 5.41) is 8.05. The summed E-state index contributed by atoms with van der Waals surface area (Å²) in [6.45, 7) is 2.89. The van der Waals surface area contributed by atoms with Crippen molar-refractivity contribution < 1.29 is 4.39 Å². The summed E-state index contributed by atoms with van der Waals surface area (Å²) in [4.78, 5) is 9.13. The fourth-order valence-corrected chi connectivity index (χ4v) is 3.63. The van der Waals surface area contributed by atoms with Crippen molar-refractivity contribution >= 4 is 17.2 Å². The largest absolute Gasteiger partial charge is 0.351 e. The molecule has 2 aromatic rings. The van der Waals surface area contributed by atoms with E-state index in [1.165, 1.54) is 30.5 Å². The van der Waals surface area contributed by atoms with Crippen LogP contribution in [0.15, 0.2) is 36.5 Å². The Morgan fingerprint density at radius 2 is 1.92 bits per heavy atom. The molecular weight excluding hydrogens is 317 g/mol. The number of hydrogen-bond acceptors (Lipinski definition) is 5. The summed E-state index contributed by atoms with van der Waals surface area (Å²) in [5.74, 6) is 0.492. The predicted molar refractivity (Wildman–Crippen MR) is 94.8 cm³/mol. The first-order valence-electron chi connectivity index (χ1n) is 8.89. The minimum atomic E-state index is -0.206. The van der Waals surface area contributed by atoms with E-state index in [0.29, 0.717) is 12.0 Å². The molecule has 1 aromatic heterocycles. The fraction of sp³-hybridized carbons (Fsp3) is 0.368. The molecule has 0 bridgehead atoms. The Kier molecular flexibility index (Phi) is 3.45. The van der Waals surface area contributed by atoms with Gasteiger partial charge < -0.3 is 10.3 Å². The van der Waals surface area contributed by atoms with Crippen LogP contribution in [0.2, 0.25) is 0 Å². The number of nitrogens with zero attached hydrogens (tertiary/aromatic N) is 4. The van der Waals surface area contributed by atoms with Crippen LogP contribution in [0.25, 0.3) is 11.3 Å². The average molecular weight is 337 g/mol. The van der Waals surface area contributed by atoms with E-state index in [2.05, 4.69) is 20.3 Å². The number of nitrogens with one attached hydrogen (secondary N) is 1. The van der Waals surface area contributed by atoms with Gasteiger partial charge in [-0.2, -0.15) is 0 Å². The van der Waals surface area contributed by atoms with Gasteiger partial charge in [0.1, 0.15) is 5.82 Å². The van der Waals surface area contributed by atoms with Crippen LogP contribution in [0.4, 0.5) is 10.3 Å². The Morgan fingerprint density at radius 3 is 2.72 bits per heavy atom. The van der Waals surface area contributed by atoms with Gasteiger partial charge in [-0.3, -0.25) is 0 Å². The van der Waals surface area contributed by atoms with Crippen LogP contribution in [-0.2, 0) is 0 Å². The number of halogens is 1. The van der Waals surface area contributed by atoms with Crippen LogP contribution >= 0.6 is 0 Å². The molecule has 3 aliphatic rings. The Balaban J connectivity index is 1.58. The maximum Gasteiger partial charge on any atom is 0.223 e. The van der Waals surface area contributed by atoms with Crippen LogP contribution in [0.5, 0.6) is 0 Å².